The number of aromatic nitrogens is 2. The lowest BCUT2D eigenvalue weighted by molar-refractivity contribution is 0.125. The van der Waals surface area contributed by atoms with Crippen LogP contribution in [0.1, 0.15) is 16.7 Å². The Labute approximate surface area is 173 Å². The molecule has 1 N–H and O–H groups in total. The molecule has 0 radical (unpaired) electrons. The average Bonchev–Trinajstić information content (AvgIpc) is 3.38. The Morgan fingerprint density at radius 1 is 1.07 bits per heavy atom. The van der Waals surface area contributed by atoms with Crippen LogP contribution in [0.15, 0.2) is 40.0 Å². The van der Waals surface area contributed by atoms with Crippen LogP contribution in [0.3, 0.4) is 0 Å². The predicted octanol–water partition coefficient (Wildman–Crippen LogP) is 3.92. The van der Waals surface area contributed by atoms with Crippen LogP contribution < -0.4 is 14.2 Å². The first-order chi connectivity index (χ1) is 14.0. The summed E-state index contributed by atoms with van der Waals surface area (Å²) in [5.41, 5.74) is 4.06. The Bertz CT molecular complexity index is 1020. The van der Waals surface area contributed by atoms with Crippen molar-refractivity contribution >= 4 is 11.8 Å². The summed E-state index contributed by atoms with van der Waals surface area (Å²) >= 11 is 1.29. The van der Waals surface area contributed by atoms with Crippen molar-refractivity contribution in [3.05, 3.63) is 47.0 Å². The van der Waals surface area contributed by atoms with Crippen molar-refractivity contribution in [2.75, 3.05) is 19.2 Å². The van der Waals surface area contributed by atoms with Crippen LogP contribution in [0.5, 0.6) is 17.2 Å². The van der Waals surface area contributed by atoms with E-state index in [0.717, 1.165) is 28.0 Å². The number of nitrogens with zero attached hydrogens (tertiary/aromatic N) is 2. The smallest absolute Gasteiger partial charge is 0.276 e. The molecule has 3 aromatic rings. The maximum absolute atomic E-state index is 10.3. The second-order valence-electron chi connectivity index (χ2n) is 6.87. The van der Waals surface area contributed by atoms with E-state index in [-0.39, 0.29) is 13.4 Å². The van der Waals surface area contributed by atoms with E-state index in [9.17, 15) is 5.11 Å². The van der Waals surface area contributed by atoms with Gasteiger partial charge < -0.3 is 23.7 Å². The summed E-state index contributed by atoms with van der Waals surface area (Å²) in [6.45, 7) is 6.47. The van der Waals surface area contributed by atoms with Gasteiger partial charge in [-0.15, -0.1) is 10.2 Å². The largest absolute Gasteiger partial charge is 0.490 e. The van der Waals surface area contributed by atoms with Gasteiger partial charge in [-0.3, -0.25) is 0 Å². The molecule has 0 saturated carbocycles. The zero-order valence-electron chi connectivity index (χ0n) is 16.5. The van der Waals surface area contributed by atoms with Crippen molar-refractivity contribution in [3.63, 3.8) is 0 Å². The molecule has 0 spiro atoms. The summed E-state index contributed by atoms with van der Waals surface area (Å²) < 4.78 is 22.2. The van der Waals surface area contributed by atoms with E-state index in [1.165, 1.54) is 11.8 Å². The molecule has 7 nitrogen and oxygen atoms in total. The molecule has 0 unspecified atom stereocenters. The van der Waals surface area contributed by atoms with Crippen LogP contribution in [0, 0.1) is 20.8 Å². The molecule has 0 fully saturated rings. The Balaban J connectivity index is 1.32. The van der Waals surface area contributed by atoms with Gasteiger partial charge in [-0.05, 0) is 55.7 Å². The minimum atomic E-state index is -0.666. The first-order valence-corrected chi connectivity index (χ1v) is 10.2. The average molecular weight is 414 g/mol. The number of benzene rings is 2. The fraction of sp³-hybridized carbons (Fsp3) is 0.333. The highest BCUT2D eigenvalue weighted by Crippen LogP contribution is 2.36. The van der Waals surface area contributed by atoms with Gasteiger partial charge in [-0.2, -0.15) is 0 Å². The number of aliphatic hydroxyl groups is 1. The van der Waals surface area contributed by atoms with Gasteiger partial charge in [-0.25, -0.2) is 0 Å². The minimum Gasteiger partial charge on any atom is -0.490 e. The third kappa shape index (κ3) is 4.33. The number of aryl methyl sites for hydroxylation is 2. The lowest BCUT2D eigenvalue weighted by atomic mass is 10.1. The molecule has 8 heteroatoms. The molecule has 1 aliphatic heterocycles. The van der Waals surface area contributed by atoms with Crippen molar-refractivity contribution < 1.29 is 23.7 Å². The summed E-state index contributed by atoms with van der Waals surface area (Å²) in [7, 11) is 0. The van der Waals surface area contributed by atoms with Crippen LogP contribution in [-0.4, -0.2) is 40.6 Å². The maximum Gasteiger partial charge on any atom is 0.276 e. The molecule has 1 atom stereocenters. The van der Waals surface area contributed by atoms with Crippen molar-refractivity contribution in [1.82, 2.24) is 10.2 Å². The predicted molar refractivity (Wildman–Crippen MR) is 109 cm³/mol. The molecule has 152 valence electrons. The number of rotatable bonds is 7. The second-order valence-corrected chi connectivity index (χ2v) is 7.84. The molecule has 1 aliphatic rings. The van der Waals surface area contributed by atoms with Crippen LogP contribution in [0.2, 0.25) is 0 Å². The number of fused-ring (bicyclic) bond motifs is 1. The second kappa shape index (κ2) is 8.34. The number of hydrogen-bond donors (Lipinski definition) is 1. The van der Waals surface area contributed by atoms with E-state index in [4.69, 9.17) is 18.6 Å². The van der Waals surface area contributed by atoms with E-state index in [1.807, 2.05) is 39.0 Å². The van der Waals surface area contributed by atoms with Gasteiger partial charge >= 0.3 is 0 Å². The van der Waals surface area contributed by atoms with Crippen LogP contribution in [0.4, 0.5) is 0 Å². The number of aliphatic hydroxyl groups excluding tert-OH is 1. The normalized spacial score (nSPS) is 13.5. The van der Waals surface area contributed by atoms with Gasteiger partial charge in [0.1, 0.15) is 12.4 Å². The van der Waals surface area contributed by atoms with Crippen molar-refractivity contribution in [3.8, 4) is 28.7 Å². The van der Waals surface area contributed by atoms with Crippen molar-refractivity contribution in [2.24, 2.45) is 0 Å². The summed E-state index contributed by atoms with van der Waals surface area (Å²) in [6, 6.07) is 9.54. The highest BCUT2D eigenvalue weighted by Gasteiger charge is 2.18. The van der Waals surface area contributed by atoms with Crippen LogP contribution in [-0.2, 0) is 0 Å². The summed E-state index contributed by atoms with van der Waals surface area (Å²) in [5.74, 6) is 2.96. The van der Waals surface area contributed by atoms with Crippen molar-refractivity contribution in [2.45, 2.75) is 32.1 Å². The molecular weight excluding hydrogens is 392 g/mol. The lowest BCUT2D eigenvalue weighted by Gasteiger charge is -2.16. The molecule has 2 heterocycles. The number of hydrogen-bond acceptors (Lipinski definition) is 8. The fourth-order valence-electron chi connectivity index (χ4n) is 2.96. The molecule has 4 rings (SSSR count). The van der Waals surface area contributed by atoms with E-state index < -0.39 is 6.10 Å². The van der Waals surface area contributed by atoms with E-state index >= 15 is 0 Å². The topological polar surface area (TPSA) is 86.8 Å². The van der Waals surface area contributed by atoms with Gasteiger partial charge in [0, 0.05) is 11.3 Å². The summed E-state index contributed by atoms with van der Waals surface area (Å²) in [4.78, 5) is 0. The summed E-state index contributed by atoms with van der Waals surface area (Å²) in [6.07, 6.45) is -0.666. The molecule has 29 heavy (non-hydrogen) atoms. The Morgan fingerprint density at radius 2 is 1.86 bits per heavy atom. The SMILES string of the molecule is Cc1ccc(C)c(OC[C@H](O)CSc2nnc(-c3ccc4c(c3)OCO4)o2)c1C. The lowest BCUT2D eigenvalue weighted by Crippen LogP contribution is -2.20. The first-order valence-electron chi connectivity index (χ1n) is 9.25. The third-order valence-corrected chi connectivity index (χ3v) is 5.68. The highest BCUT2D eigenvalue weighted by molar-refractivity contribution is 7.99. The monoisotopic (exact) mass is 414 g/mol. The maximum atomic E-state index is 10.3. The molecule has 1 aromatic heterocycles. The fourth-order valence-corrected chi connectivity index (χ4v) is 3.62. The summed E-state index contributed by atoms with van der Waals surface area (Å²) in [5, 5.41) is 18.8. The highest BCUT2D eigenvalue weighted by atomic mass is 32.2. The molecule has 0 amide bonds. The van der Waals surface area contributed by atoms with Gasteiger partial charge in [-0.1, -0.05) is 23.9 Å². The Hall–Kier alpha value is -2.71. The number of thioether (sulfide) groups is 1. The molecule has 0 bridgehead atoms. The quantitative estimate of drug-likeness (QED) is 0.582. The molecule has 0 saturated heterocycles. The van der Waals surface area contributed by atoms with Gasteiger partial charge in [0.25, 0.3) is 5.22 Å². The van der Waals surface area contributed by atoms with Gasteiger partial charge in [0.05, 0.1) is 6.10 Å². The van der Waals surface area contributed by atoms with Crippen LogP contribution in [0.25, 0.3) is 11.5 Å². The van der Waals surface area contributed by atoms with E-state index in [2.05, 4.69) is 16.3 Å². The Morgan fingerprint density at radius 3 is 2.72 bits per heavy atom. The van der Waals surface area contributed by atoms with Crippen molar-refractivity contribution in [1.29, 1.82) is 0 Å². The van der Waals surface area contributed by atoms with E-state index in [0.29, 0.717) is 28.4 Å². The molecule has 0 aliphatic carbocycles. The van der Waals surface area contributed by atoms with Gasteiger partial charge in [0.2, 0.25) is 12.7 Å². The van der Waals surface area contributed by atoms with Gasteiger partial charge in [0.15, 0.2) is 11.5 Å². The zero-order valence-corrected chi connectivity index (χ0v) is 17.3. The van der Waals surface area contributed by atoms with Crippen LogP contribution >= 0.6 is 11.8 Å². The number of ether oxygens (including phenoxy) is 3. The minimum absolute atomic E-state index is 0.196. The molecule has 2 aromatic carbocycles. The zero-order chi connectivity index (χ0) is 20.4. The Kier molecular flexibility index (Phi) is 5.64. The standard InChI is InChI=1S/C21H22N2O5S/c1-12-4-5-13(2)19(14(12)3)25-9-16(24)10-29-21-23-22-20(28-21)15-6-7-17-18(8-15)27-11-26-17/h4-8,16,24H,9-11H2,1-3H3/t16-/m0/s1. The molecular formula is C21H22N2O5S. The third-order valence-electron chi connectivity index (χ3n) is 4.72. The first kappa shape index (κ1) is 19.6. The van der Waals surface area contributed by atoms with E-state index in [1.54, 1.807) is 6.07 Å².